The molecule has 0 aliphatic carbocycles. The molecule has 1 N–H and O–H groups in total. The maximum atomic E-state index is 12.1. The topological polar surface area (TPSA) is 20.2 Å². The third-order valence-corrected chi connectivity index (χ3v) is 2.40. The molecular formula is C9H9BrF2O. The van der Waals surface area contributed by atoms with Crippen LogP contribution >= 0.6 is 15.9 Å². The zero-order valence-electron chi connectivity index (χ0n) is 6.97. The molecule has 1 unspecified atom stereocenters. The standard InChI is InChI=1S/C9H9BrF2O/c1-5-2-3-6(7(10)4-5)8(13)9(11)12/h2-4,8-9,13H,1H3. The minimum Gasteiger partial charge on any atom is -0.382 e. The monoisotopic (exact) mass is 250 g/mol. The Hall–Kier alpha value is -0.480. The molecule has 0 fully saturated rings. The Morgan fingerprint density at radius 2 is 2.00 bits per heavy atom. The van der Waals surface area contributed by atoms with E-state index in [0.717, 1.165) is 5.56 Å². The first kappa shape index (κ1) is 10.6. The summed E-state index contributed by atoms with van der Waals surface area (Å²) >= 11 is 3.12. The predicted octanol–water partition coefficient (Wildman–Crippen LogP) is 3.06. The highest BCUT2D eigenvalue weighted by Gasteiger charge is 2.20. The lowest BCUT2D eigenvalue weighted by atomic mass is 10.1. The van der Waals surface area contributed by atoms with Gasteiger partial charge in [0.05, 0.1) is 0 Å². The molecule has 0 aliphatic heterocycles. The van der Waals surface area contributed by atoms with Gasteiger partial charge in [0.2, 0.25) is 0 Å². The molecule has 0 saturated heterocycles. The molecular weight excluding hydrogens is 242 g/mol. The quantitative estimate of drug-likeness (QED) is 0.856. The lowest BCUT2D eigenvalue weighted by Crippen LogP contribution is -2.08. The normalized spacial score (nSPS) is 13.4. The highest BCUT2D eigenvalue weighted by Crippen LogP contribution is 2.28. The number of alkyl halides is 2. The first-order valence-electron chi connectivity index (χ1n) is 3.74. The van der Waals surface area contributed by atoms with Crippen LogP contribution in [0, 0.1) is 6.92 Å². The van der Waals surface area contributed by atoms with Gasteiger partial charge in [0.25, 0.3) is 6.43 Å². The minimum atomic E-state index is -2.75. The second-order valence-electron chi connectivity index (χ2n) is 2.80. The molecule has 0 heterocycles. The summed E-state index contributed by atoms with van der Waals surface area (Å²) in [6.45, 7) is 1.85. The zero-order valence-corrected chi connectivity index (χ0v) is 8.55. The minimum absolute atomic E-state index is 0.223. The van der Waals surface area contributed by atoms with Gasteiger partial charge in [-0.1, -0.05) is 28.1 Å². The van der Waals surface area contributed by atoms with Gasteiger partial charge >= 0.3 is 0 Å². The molecule has 0 spiro atoms. The van der Waals surface area contributed by atoms with Crippen molar-refractivity contribution in [1.29, 1.82) is 0 Å². The van der Waals surface area contributed by atoms with Gasteiger partial charge in [0, 0.05) is 10.0 Å². The Balaban J connectivity index is 3.01. The molecule has 1 nitrogen and oxygen atoms in total. The Bertz CT molecular complexity index is 302. The third kappa shape index (κ3) is 2.48. The highest BCUT2D eigenvalue weighted by atomic mass is 79.9. The third-order valence-electron chi connectivity index (χ3n) is 1.71. The summed E-state index contributed by atoms with van der Waals surface area (Å²) < 4.78 is 24.8. The number of halogens is 3. The summed E-state index contributed by atoms with van der Waals surface area (Å²) in [6, 6.07) is 4.88. The molecule has 72 valence electrons. The van der Waals surface area contributed by atoms with E-state index >= 15 is 0 Å². The SMILES string of the molecule is Cc1ccc(C(O)C(F)F)c(Br)c1. The number of aliphatic hydroxyl groups excluding tert-OH is 1. The van der Waals surface area contributed by atoms with Gasteiger partial charge < -0.3 is 5.11 Å². The molecule has 1 aromatic carbocycles. The van der Waals surface area contributed by atoms with Crippen LogP contribution in [0.2, 0.25) is 0 Å². The second-order valence-corrected chi connectivity index (χ2v) is 3.66. The largest absolute Gasteiger partial charge is 0.382 e. The van der Waals surface area contributed by atoms with Crippen molar-refractivity contribution in [3.8, 4) is 0 Å². The molecule has 0 aromatic heterocycles. The van der Waals surface area contributed by atoms with Crippen LogP contribution < -0.4 is 0 Å². The molecule has 0 amide bonds. The predicted molar refractivity (Wildman–Crippen MR) is 49.8 cm³/mol. The first-order valence-corrected chi connectivity index (χ1v) is 4.54. The number of benzene rings is 1. The number of hydrogen-bond donors (Lipinski definition) is 1. The van der Waals surface area contributed by atoms with Gasteiger partial charge in [-0.3, -0.25) is 0 Å². The Morgan fingerprint density at radius 3 is 2.46 bits per heavy atom. The van der Waals surface area contributed by atoms with E-state index < -0.39 is 12.5 Å². The summed E-state index contributed by atoms with van der Waals surface area (Å²) in [6.07, 6.45) is -4.46. The molecule has 13 heavy (non-hydrogen) atoms. The van der Waals surface area contributed by atoms with E-state index in [4.69, 9.17) is 5.11 Å². The summed E-state index contributed by atoms with van der Waals surface area (Å²) in [5, 5.41) is 9.09. The van der Waals surface area contributed by atoms with Crippen LogP contribution in [0.4, 0.5) is 8.78 Å². The van der Waals surface area contributed by atoms with E-state index in [9.17, 15) is 8.78 Å². The molecule has 0 saturated carbocycles. The number of rotatable bonds is 2. The van der Waals surface area contributed by atoms with Gasteiger partial charge in [-0.05, 0) is 18.6 Å². The molecule has 0 aliphatic rings. The van der Waals surface area contributed by atoms with Gasteiger partial charge in [-0.2, -0.15) is 0 Å². The van der Waals surface area contributed by atoms with E-state index in [1.54, 1.807) is 12.1 Å². The van der Waals surface area contributed by atoms with Crippen LogP contribution in [-0.4, -0.2) is 11.5 Å². The lowest BCUT2D eigenvalue weighted by molar-refractivity contribution is -0.00618. The van der Waals surface area contributed by atoms with E-state index in [-0.39, 0.29) is 5.56 Å². The first-order chi connectivity index (χ1) is 6.02. The van der Waals surface area contributed by atoms with Gasteiger partial charge in [-0.25, -0.2) is 8.78 Å². The lowest BCUT2D eigenvalue weighted by Gasteiger charge is -2.11. The number of aryl methyl sites for hydroxylation is 1. The van der Waals surface area contributed by atoms with Crippen LogP contribution in [0.25, 0.3) is 0 Å². The van der Waals surface area contributed by atoms with Crippen LogP contribution in [0.15, 0.2) is 22.7 Å². The summed E-state index contributed by atoms with van der Waals surface area (Å²) in [7, 11) is 0. The van der Waals surface area contributed by atoms with E-state index in [0.29, 0.717) is 4.47 Å². The van der Waals surface area contributed by atoms with Crippen molar-refractivity contribution in [2.45, 2.75) is 19.5 Å². The van der Waals surface area contributed by atoms with Crippen LogP contribution in [0.5, 0.6) is 0 Å². The molecule has 1 atom stereocenters. The van der Waals surface area contributed by atoms with Crippen molar-refractivity contribution < 1.29 is 13.9 Å². The van der Waals surface area contributed by atoms with Crippen molar-refractivity contribution in [3.05, 3.63) is 33.8 Å². The average Bonchev–Trinajstić information content (AvgIpc) is 2.03. The fourth-order valence-electron chi connectivity index (χ4n) is 1.01. The molecule has 4 heteroatoms. The fraction of sp³-hybridized carbons (Fsp3) is 0.333. The number of aliphatic hydroxyl groups is 1. The summed E-state index contributed by atoms with van der Waals surface area (Å²) in [5.74, 6) is 0. The maximum absolute atomic E-state index is 12.1. The van der Waals surface area contributed by atoms with Crippen molar-refractivity contribution >= 4 is 15.9 Å². The van der Waals surface area contributed by atoms with Crippen LogP contribution in [0.1, 0.15) is 17.2 Å². The Labute approximate surface area is 83.5 Å². The Kier molecular flexibility index (Phi) is 3.39. The van der Waals surface area contributed by atoms with E-state index in [1.807, 2.05) is 6.92 Å². The molecule has 0 radical (unpaired) electrons. The zero-order chi connectivity index (χ0) is 10.0. The van der Waals surface area contributed by atoms with Crippen LogP contribution in [-0.2, 0) is 0 Å². The fourth-order valence-corrected chi connectivity index (χ4v) is 1.74. The van der Waals surface area contributed by atoms with Gasteiger partial charge in [-0.15, -0.1) is 0 Å². The highest BCUT2D eigenvalue weighted by molar-refractivity contribution is 9.10. The van der Waals surface area contributed by atoms with E-state index in [1.165, 1.54) is 6.07 Å². The second kappa shape index (κ2) is 4.15. The van der Waals surface area contributed by atoms with Crippen molar-refractivity contribution in [2.75, 3.05) is 0 Å². The average molecular weight is 251 g/mol. The van der Waals surface area contributed by atoms with Crippen molar-refractivity contribution in [2.24, 2.45) is 0 Å². The molecule has 1 rings (SSSR count). The smallest absolute Gasteiger partial charge is 0.268 e. The van der Waals surface area contributed by atoms with Gasteiger partial charge in [0.15, 0.2) is 0 Å². The Morgan fingerprint density at radius 1 is 1.38 bits per heavy atom. The number of hydrogen-bond acceptors (Lipinski definition) is 1. The molecule has 0 bridgehead atoms. The maximum Gasteiger partial charge on any atom is 0.268 e. The summed E-state index contributed by atoms with van der Waals surface area (Å²) in [4.78, 5) is 0. The van der Waals surface area contributed by atoms with Crippen molar-refractivity contribution in [1.82, 2.24) is 0 Å². The summed E-state index contributed by atoms with van der Waals surface area (Å²) in [5.41, 5.74) is 1.18. The van der Waals surface area contributed by atoms with Gasteiger partial charge in [0.1, 0.15) is 6.10 Å². The van der Waals surface area contributed by atoms with Crippen LogP contribution in [0.3, 0.4) is 0 Å². The molecule has 1 aromatic rings. The van der Waals surface area contributed by atoms with Crippen molar-refractivity contribution in [3.63, 3.8) is 0 Å². The van der Waals surface area contributed by atoms with E-state index in [2.05, 4.69) is 15.9 Å².